The van der Waals surface area contributed by atoms with Gasteiger partial charge in [0.25, 0.3) is 0 Å². The number of carbonyl (C=O) groups is 1. The van der Waals surface area contributed by atoms with Gasteiger partial charge in [0, 0.05) is 18.4 Å². The molecular weight excluding hydrogens is 268 g/mol. The summed E-state index contributed by atoms with van der Waals surface area (Å²) in [6, 6.07) is 10.2. The Morgan fingerprint density at radius 1 is 1.29 bits per heavy atom. The van der Waals surface area contributed by atoms with Crippen molar-refractivity contribution in [2.24, 2.45) is 0 Å². The number of likely N-dealkylation sites (tertiary alicyclic amines) is 1. The van der Waals surface area contributed by atoms with Crippen molar-refractivity contribution in [1.82, 2.24) is 20.1 Å². The van der Waals surface area contributed by atoms with Crippen LogP contribution in [-0.4, -0.2) is 32.5 Å². The molecule has 0 spiro atoms. The average molecular weight is 286 g/mol. The van der Waals surface area contributed by atoms with Gasteiger partial charge in [0.05, 0.1) is 6.54 Å². The van der Waals surface area contributed by atoms with E-state index in [4.69, 9.17) is 0 Å². The number of aromatic amines is 2. The van der Waals surface area contributed by atoms with Gasteiger partial charge in [0.15, 0.2) is 5.82 Å². The molecule has 0 radical (unpaired) electrons. The zero-order valence-corrected chi connectivity index (χ0v) is 11.9. The van der Waals surface area contributed by atoms with Gasteiger partial charge >= 0.3 is 5.69 Å². The van der Waals surface area contributed by atoms with E-state index in [2.05, 4.69) is 34.2 Å². The molecule has 2 heterocycles. The number of hydrogen-bond donors (Lipinski definition) is 2. The number of carbonyl (C=O) groups excluding carboxylic acids is 1. The highest BCUT2D eigenvalue weighted by Gasteiger charge is 2.36. The van der Waals surface area contributed by atoms with Crippen molar-refractivity contribution in [3.05, 3.63) is 52.2 Å². The number of nitrogens with one attached hydrogen (secondary N) is 2. The standard InChI is InChI=1S/C15H18N4O2/c1-15(11-5-3-2-4-6-11)8-7-13(20)19(10-15)9-12-16-14(21)18-17-12/h2-6H,7-10H2,1H3,(H2,16,17,18,21)/t15-/m0/s1. The first-order valence-electron chi connectivity index (χ1n) is 7.04. The topological polar surface area (TPSA) is 81.8 Å². The Morgan fingerprint density at radius 3 is 2.71 bits per heavy atom. The second kappa shape index (κ2) is 5.20. The third kappa shape index (κ3) is 2.74. The number of piperidine rings is 1. The molecule has 2 N–H and O–H groups in total. The molecule has 110 valence electrons. The van der Waals surface area contributed by atoms with E-state index in [0.717, 1.165) is 6.42 Å². The molecule has 1 saturated heterocycles. The lowest BCUT2D eigenvalue weighted by Gasteiger charge is -2.40. The van der Waals surface area contributed by atoms with E-state index in [0.29, 0.717) is 25.3 Å². The molecule has 21 heavy (non-hydrogen) atoms. The molecule has 1 aliphatic heterocycles. The number of rotatable bonds is 3. The summed E-state index contributed by atoms with van der Waals surface area (Å²) in [5, 5.41) is 6.20. The van der Waals surface area contributed by atoms with Crippen LogP contribution in [0.5, 0.6) is 0 Å². The zero-order valence-electron chi connectivity index (χ0n) is 11.9. The highest BCUT2D eigenvalue weighted by atomic mass is 16.2. The summed E-state index contributed by atoms with van der Waals surface area (Å²) in [7, 11) is 0. The van der Waals surface area contributed by atoms with Crippen molar-refractivity contribution in [2.45, 2.75) is 31.7 Å². The minimum absolute atomic E-state index is 0.0637. The molecule has 1 aromatic carbocycles. The molecule has 0 unspecified atom stereocenters. The maximum Gasteiger partial charge on any atom is 0.340 e. The summed E-state index contributed by atoms with van der Waals surface area (Å²) in [6.07, 6.45) is 1.35. The molecule has 0 saturated carbocycles. The molecule has 6 heteroatoms. The van der Waals surface area contributed by atoms with Gasteiger partial charge in [-0.3, -0.25) is 9.78 Å². The van der Waals surface area contributed by atoms with E-state index < -0.39 is 0 Å². The van der Waals surface area contributed by atoms with Crippen LogP contribution in [0.25, 0.3) is 0 Å². The van der Waals surface area contributed by atoms with Gasteiger partial charge < -0.3 is 4.90 Å². The first-order chi connectivity index (χ1) is 10.1. The molecule has 1 fully saturated rings. The van der Waals surface area contributed by atoms with Gasteiger partial charge in [-0.2, -0.15) is 5.10 Å². The van der Waals surface area contributed by atoms with Crippen LogP contribution in [0.15, 0.2) is 35.1 Å². The van der Waals surface area contributed by atoms with Crippen molar-refractivity contribution >= 4 is 5.91 Å². The van der Waals surface area contributed by atoms with E-state index in [1.165, 1.54) is 5.56 Å². The predicted octanol–water partition coefficient (Wildman–Crippen LogP) is 1.18. The fourth-order valence-electron chi connectivity index (χ4n) is 2.91. The first kappa shape index (κ1) is 13.6. The van der Waals surface area contributed by atoms with Gasteiger partial charge in [0.1, 0.15) is 0 Å². The minimum Gasteiger partial charge on any atom is -0.334 e. The average Bonchev–Trinajstić information content (AvgIpc) is 2.89. The fraction of sp³-hybridized carbons (Fsp3) is 0.400. The van der Waals surface area contributed by atoms with Crippen LogP contribution in [0.1, 0.15) is 31.2 Å². The number of nitrogens with zero attached hydrogens (tertiary/aromatic N) is 2. The largest absolute Gasteiger partial charge is 0.340 e. The van der Waals surface area contributed by atoms with E-state index in [9.17, 15) is 9.59 Å². The second-order valence-electron chi connectivity index (χ2n) is 5.80. The van der Waals surface area contributed by atoms with E-state index in [-0.39, 0.29) is 17.0 Å². The smallest absolute Gasteiger partial charge is 0.334 e. The highest BCUT2D eigenvalue weighted by Crippen LogP contribution is 2.34. The predicted molar refractivity (Wildman–Crippen MR) is 77.7 cm³/mol. The van der Waals surface area contributed by atoms with Crippen LogP contribution in [-0.2, 0) is 16.8 Å². The van der Waals surface area contributed by atoms with Crippen LogP contribution in [0, 0.1) is 0 Å². The zero-order chi connectivity index (χ0) is 14.9. The summed E-state index contributed by atoms with van der Waals surface area (Å²) in [5.41, 5.74) is 0.824. The van der Waals surface area contributed by atoms with Crippen molar-refractivity contribution in [1.29, 1.82) is 0 Å². The molecule has 6 nitrogen and oxygen atoms in total. The van der Waals surface area contributed by atoms with Crippen molar-refractivity contribution in [3.63, 3.8) is 0 Å². The third-order valence-corrected chi connectivity index (χ3v) is 4.14. The Balaban J connectivity index is 1.81. The Labute approximate surface area is 122 Å². The number of amides is 1. The van der Waals surface area contributed by atoms with E-state index in [1.54, 1.807) is 4.90 Å². The van der Waals surface area contributed by atoms with Gasteiger partial charge in [0.2, 0.25) is 5.91 Å². The quantitative estimate of drug-likeness (QED) is 0.889. The fourth-order valence-corrected chi connectivity index (χ4v) is 2.91. The lowest BCUT2D eigenvalue weighted by atomic mass is 9.76. The summed E-state index contributed by atoms with van der Waals surface area (Å²) in [5.74, 6) is 0.595. The molecule has 1 aromatic heterocycles. The van der Waals surface area contributed by atoms with Crippen molar-refractivity contribution in [3.8, 4) is 0 Å². The first-order valence-corrected chi connectivity index (χ1v) is 7.04. The van der Waals surface area contributed by atoms with Gasteiger partial charge in [-0.25, -0.2) is 9.89 Å². The van der Waals surface area contributed by atoms with Crippen molar-refractivity contribution < 1.29 is 4.79 Å². The second-order valence-corrected chi connectivity index (χ2v) is 5.80. The van der Waals surface area contributed by atoms with Gasteiger partial charge in [-0.15, -0.1) is 0 Å². The summed E-state index contributed by atoms with van der Waals surface area (Å²) in [6.45, 7) is 3.14. The number of H-pyrrole nitrogens is 2. The Morgan fingerprint density at radius 2 is 2.05 bits per heavy atom. The van der Waals surface area contributed by atoms with Gasteiger partial charge in [-0.1, -0.05) is 37.3 Å². The Kier molecular flexibility index (Phi) is 3.37. The Hall–Kier alpha value is -2.37. The number of aromatic nitrogens is 3. The lowest BCUT2D eigenvalue weighted by molar-refractivity contribution is -0.136. The summed E-state index contributed by atoms with van der Waals surface area (Å²) >= 11 is 0. The molecule has 3 rings (SSSR count). The molecule has 1 atom stereocenters. The minimum atomic E-state index is -0.347. The summed E-state index contributed by atoms with van der Waals surface area (Å²) in [4.78, 5) is 27.6. The maximum absolute atomic E-state index is 12.1. The SMILES string of the molecule is C[C@]1(c2ccccc2)CCC(=O)N(Cc2n[nH]c(=O)[nH]2)C1. The number of benzene rings is 1. The van der Waals surface area contributed by atoms with Crippen LogP contribution in [0.2, 0.25) is 0 Å². The van der Waals surface area contributed by atoms with Crippen LogP contribution in [0.3, 0.4) is 0 Å². The normalized spacial score (nSPS) is 22.5. The molecule has 1 amide bonds. The molecule has 0 aliphatic carbocycles. The number of hydrogen-bond acceptors (Lipinski definition) is 3. The molecular formula is C15H18N4O2. The van der Waals surface area contributed by atoms with Gasteiger partial charge in [-0.05, 0) is 12.0 Å². The highest BCUT2D eigenvalue weighted by molar-refractivity contribution is 5.77. The maximum atomic E-state index is 12.1. The Bertz CT molecular complexity index is 691. The van der Waals surface area contributed by atoms with Crippen molar-refractivity contribution in [2.75, 3.05) is 6.54 Å². The van der Waals surface area contributed by atoms with Crippen LogP contribution in [0.4, 0.5) is 0 Å². The third-order valence-electron chi connectivity index (χ3n) is 4.14. The summed E-state index contributed by atoms with van der Waals surface area (Å²) < 4.78 is 0. The molecule has 1 aliphatic rings. The molecule has 2 aromatic rings. The monoisotopic (exact) mass is 286 g/mol. The van der Waals surface area contributed by atoms with Crippen LogP contribution >= 0.6 is 0 Å². The lowest BCUT2D eigenvalue weighted by Crippen LogP contribution is -2.47. The van der Waals surface area contributed by atoms with E-state index >= 15 is 0 Å². The molecule has 0 bridgehead atoms. The van der Waals surface area contributed by atoms with E-state index in [1.807, 2.05) is 18.2 Å². The van der Waals surface area contributed by atoms with Crippen LogP contribution < -0.4 is 5.69 Å².